The molecule has 158 valence electrons. The summed E-state index contributed by atoms with van der Waals surface area (Å²) >= 11 is 1.53. The van der Waals surface area contributed by atoms with E-state index in [-0.39, 0.29) is 16.9 Å². The Kier molecular flexibility index (Phi) is 6.07. The molecular weight excluding hydrogens is 412 g/mol. The van der Waals surface area contributed by atoms with Crippen molar-refractivity contribution in [2.24, 2.45) is 0 Å². The van der Waals surface area contributed by atoms with Gasteiger partial charge in [0.05, 0.1) is 29.2 Å². The average molecular weight is 435 g/mol. The number of carboxylic acid groups (broad SMARTS) is 1. The normalized spacial score (nSPS) is 16.7. The minimum atomic E-state index is -0.986. The Morgan fingerprint density at radius 3 is 2.87 bits per heavy atom. The third kappa shape index (κ3) is 4.48. The molecule has 0 saturated carbocycles. The van der Waals surface area contributed by atoms with E-state index in [0.29, 0.717) is 34.0 Å². The van der Waals surface area contributed by atoms with Crippen molar-refractivity contribution in [1.29, 1.82) is 5.26 Å². The zero-order chi connectivity index (χ0) is 22.0. The van der Waals surface area contributed by atoms with Crippen molar-refractivity contribution in [3.63, 3.8) is 0 Å². The Balaban J connectivity index is 1.76. The smallest absolute Gasteiger partial charge is 0.337 e. The number of ether oxygens (including phenoxy) is 1. The Bertz CT molecular complexity index is 1190. The molecule has 2 heterocycles. The van der Waals surface area contributed by atoms with Crippen LogP contribution < -0.4 is 5.32 Å². The largest absolute Gasteiger partial charge is 0.478 e. The molecule has 4 rings (SSSR count). The van der Waals surface area contributed by atoms with Crippen LogP contribution in [0.3, 0.4) is 0 Å². The number of nitrogens with zero attached hydrogens (tertiary/aromatic N) is 3. The lowest BCUT2D eigenvalue weighted by Crippen LogP contribution is -2.12. The van der Waals surface area contributed by atoms with Gasteiger partial charge in [-0.15, -0.1) is 0 Å². The van der Waals surface area contributed by atoms with Crippen LogP contribution in [0.5, 0.6) is 0 Å². The molecule has 7 nitrogen and oxygen atoms in total. The number of anilines is 1. The maximum Gasteiger partial charge on any atom is 0.337 e. The first kappa shape index (κ1) is 21.1. The summed E-state index contributed by atoms with van der Waals surface area (Å²) < 4.78 is 5.45. The highest BCUT2D eigenvalue weighted by Crippen LogP contribution is 2.33. The number of benzene rings is 2. The summed E-state index contributed by atoms with van der Waals surface area (Å²) in [5.41, 5.74) is 4.32. The van der Waals surface area contributed by atoms with Crippen LogP contribution in [-0.2, 0) is 4.74 Å². The van der Waals surface area contributed by atoms with Gasteiger partial charge in [-0.2, -0.15) is 5.26 Å². The number of nitrogens with one attached hydrogen (secondary N) is 1. The number of rotatable bonds is 6. The highest BCUT2D eigenvalue weighted by Gasteiger charge is 2.22. The van der Waals surface area contributed by atoms with Crippen molar-refractivity contribution in [2.45, 2.75) is 36.6 Å². The molecule has 1 aliphatic rings. The van der Waals surface area contributed by atoms with E-state index in [4.69, 9.17) is 9.72 Å². The van der Waals surface area contributed by atoms with E-state index in [1.54, 1.807) is 24.3 Å². The number of hydrogen-bond donors (Lipinski definition) is 2. The van der Waals surface area contributed by atoms with Gasteiger partial charge in [0.2, 0.25) is 0 Å². The molecule has 0 spiro atoms. The molecule has 2 N–H and O–H groups in total. The summed E-state index contributed by atoms with van der Waals surface area (Å²) in [7, 11) is 0. The number of carboxylic acids is 1. The number of nitriles is 1. The topological polar surface area (TPSA) is 108 Å². The molecule has 2 aromatic carbocycles. The zero-order valence-corrected chi connectivity index (χ0v) is 18.1. The van der Waals surface area contributed by atoms with Gasteiger partial charge in [0, 0.05) is 23.1 Å². The first-order valence-electron chi connectivity index (χ1n) is 10.0. The standard InChI is InChI=1S/C23H22N4O3S/c1-13-9-17(14(2)25-18-6-4-3-5-16(18)23(28)29)21-19(10-13)26-20(11-24)22(27-21)31-15-7-8-30-12-15/h3-6,9-10,14-15,25H,7-8,12H2,1-2H3,(H,28,29)/t14-,15?/m1/s1. The van der Waals surface area contributed by atoms with Crippen LogP contribution in [0.2, 0.25) is 0 Å². The predicted octanol–water partition coefficient (Wildman–Crippen LogP) is 4.56. The number of fused-ring (bicyclic) bond motifs is 1. The minimum Gasteiger partial charge on any atom is -0.478 e. The lowest BCUT2D eigenvalue weighted by Gasteiger charge is -2.20. The summed E-state index contributed by atoms with van der Waals surface area (Å²) in [5.74, 6) is -0.986. The molecule has 1 aliphatic heterocycles. The second-order valence-corrected chi connectivity index (χ2v) is 8.82. The van der Waals surface area contributed by atoms with Gasteiger partial charge >= 0.3 is 5.97 Å². The van der Waals surface area contributed by atoms with Gasteiger partial charge < -0.3 is 15.2 Å². The third-order valence-corrected chi connectivity index (χ3v) is 6.39. The molecule has 3 aromatic rings. The van der Waals surface area contributed by atoms with Crippen molar-refractivity contribution in [1.82, 2.24) is 9.97 Å². The summed E-state index contributed by atoms with van der Waals surface area (Å²) in [6, 6.07) is 12.7. The fraction of sp³-hybridized carbons (Fsp3) is 0.304. The van der Waals surface area contributed by atoms with Gasteiger partial charge in [-0.25, -0.2) is 14.8 Å². The van der Waals surface area contributed by atoms with Crippen molar-refractivity contribution >= 4 is 34.5 Å². The molecule has 0 bridgehead atoms. The number of aromatic nitrogens is 2. The summed E-state index contributed by atoms with van der Waals surface area (Å²) in [6.45, 7) is 5.28. The summed E-state index contributed by atoms with van der Waals surface area (Å²) in [6.07, 6.45) is 0.917. The predicted molar refractivity (Wildman–Crippen MR) is 120 cm³/mol. The molecule has 31 heavy (non-hydrogen) atoms. The molecule has 0 radical (unpaired) electrons. The first-order chi connectivity index (χ1) is 15.0. The van der Waals surface area contributed by atoms with E-state index in [0.717, 1.165) is 24.2 Å². The maximum atomic E-state index is 11.6. The van der Waals surface area contributed by atoms with Crippen molar-refractivity contribution < 1.29 is 14.6 Å². The molecule has 1 saturated heterocycles. The fourth-order valence-electron chi connectivity index (χ4n) is 3.67. The van der Waals surface area contributed by atoms with Crippen LogP contribution >= 0.6 is 11.8 Å². The van der Waals surface area contributed by atoms with Crippen LogP contribution in [0, 0.1) is 18.3 Å². The SMILES string of the molecule is Cc1cc([C@@H](C)Nc2ccccc2C(=O)O)c2nc(SC3CCOC3)c(C#N)nc2c1. The molecule has 1 fully saturated rings. The molecule has 8 heteroatoms. The van der Waals surface area contributed by atoms with E-state index in [1.807, 2.05) is 26.0 Å². The molecule has 0 amide bonds. The number of hydrogen-bond acceptors (Lipinski definition) is 7. The number of aromatic carboxylic acids is 1. The Morgan fingerprint density at radius 2 is 2.16 bits per heavy atom. The Hall–Kier alpha value is -3.15. The highest BCUT2D eigenvalue weighted by molar-refractivity contribution is 8.00. The van der Waals surface area contributed by atoms with Crippen LogP contribution in [-0.4, -0.2) is 39.5 Å². The van der Waals surface area contributed by atoms with Crippen molar-refractivity contribution in [3.8, 4) is 6.07 Å². The summed E-state index contributed by atoms with van der Waals surface area (Å²) in [4.78, 5) is 21.0. The molecule has 2 atom stereocenters. The quantitative estimate of drug-likeness (QED) is 0.581. The molecule has 1 unspecified atom stereocenters. The Labute approximate surface area is 184 Å². The summed E-state index contributed by atoms with van der Waals surface area (Å²) in [5, 5.41) is 23.3. The van der Waals surface area contributed by atoms with Crippen LogP contribution in [0.25, 0.3) is 11.0 Å². The highest BCUT2D eigenvalue weighted by atomic mass is 32.2. The van der Waals surface area contributed by atoms with Gasteiger partial charge in [0.25, 0.3) is 0 Å². The lowest BCUT2D eigenvalue weighted by molar-refractivity contribution is 0.0698. The Morgan fingerprint density at radius 1 is 1.35 bits per heavy atom. The van der Waals surface area contributed by atoms with Crippen LogP contribution in [0.4, 0.5) is 5.69 Å². The fourth-order valence-corrected chi connectivity index (χ4v) is 4.71. The van der Waals surface area contributed by atoms with E-state index >= 15 is 0 Å². The average Bonchev–Trinajstić information content (AvgIpc) is 3.26. The van der Waals surface area contributed by atoms with Gasteiger partial charge in [0.1, 0.15) is 11.1 Å². The number of aryl methyl sites for hydroxylation is 1. The van der Waals surface area contributed by atoms with Gasteiger partial charge in [-0.1, -0.05) is 30.0 Å². The van der Waals surface area contributed by atoms with Crippen LogP contribution in [0.15, 0.2) is 41.4 Å². The molecular formula is C23H22N4O3S. The van der Waals surface area contributed by atoms with Crippen LogP contribution in [0.1, 0.15) is 46.6 Å². The first-order valence-corrected chi connectivity index (χ1v) is 10.9. The van der Waals surface area contributed by atoms with E-state index in [1.165, 1.54) is 11.8 Å². The van der Waals surface area contributed by atoms with Crippen molar-refractivity contribution in [2.75, 3.05) is 18.5 Å². The van der Waals surface area contributed by atoms with E-state index in [9.17, 15) is 15.2 Å². The monoisotopic (exact) mass is 434 g/mol. The molecule has 0 aliphatic carbocycles. The number of para-hydroxylation sites is 1. The number of thioether (sulfide) groups is 1. The third-order valence-electron chi connectivity index (χ3n) is 5.18. The minimum absolute atomic E-state index is 0.210. The number of carbonyl (C=O) groups is 1. The van der Waals surface area contributed by atoms with E-state index in [2.05, 4.69) is 16.4 Å². The van der Waals surface area contributed by atoms with Gasteiger partial charge in [-0.3, -0.25) is 0 Å². The van der Waals surface area contributed by atoms with Gasteiger partial charge in [-0.05, 0) is 44.0 Å². The molecule has 1 aromatic heterocycles. The zero-order valence-electron chi connectivity index (χ0n) is 17.3. The van der Waals surface area contributed by atoms with E-state index < -0.39 is 5.97 Å². The lowest BCUT2D eigenvalue weighted by atomic mass is 10.0. The van der Waals surface area contributed by atoms with Crippen molar-refractivity contribution in [3.05, 3.63) is 58.8 Å². The maximum absolute atomic E-state index is 11.6. The second kappa shape index (κ2) is 8.92. The second-order valence-electron chi connectivity index (χ2n) is 7.53. The van der Waals surface area contributed by atoms with Gasteiger partial charge in [0.15, 0.2) is 5.69 Å².